The van der Waals surface area contributed by atoms with Gasteiger partial charge in [-0.2, -0.15) is 5.10 Å². The largest absolute Gasteiger partial charge is 0.449 e. The molecule has 29 heavy (non-hydrogen) atoms. The molecule has 0 saturated carbocycles. The number of rotatable bonds is 5. The van der Waals surface area contributed by atoms with E-state index in [2.05, 4.69) is 20.3 Å². The van der Waals surface area contributed by atoms with Crippen molar-refractivity contribution in [3.05, 3.63) is 77.6 Å². The van der Waals surface area contributed by atoms with E-state index in [1.54, 1.807) is 24.7 Å². The van der Waals surface area contributed by atoms with Gasteiger partial charge >= 0.3 is 5.97 Å². The van der Waals surface area contributed by atoms with Crippen molar-refractivity contribution in [3.63, 3.8) is 0 Å². The molecule has 0 aliphatic heterocycles. The lowest BCUT2D eigenvalue weighted by atomic mass is 10.1. The van der Waals surface area contributed by atoms with Gasteiger partial charge in [0, 0.05) is 11.8 Å². The Labute approximate surface area is 167 Å². The lowest BCUT2D eigenvalue weighted by Gasteiger charge is -2.09. The fourth-order valence-electron chi connectivity index (χ4n) is 2.81. The first kappa shape index (κ1) is 18.5. The van der Waals surface area contributed by atoms with Crippen LogP contribution in [0.4, 0.5) is 0 Å². The Balaban J connectivity index is 1.49. The Morgan fingerprint density at radius 2 is 1.90 bits per heavy atom. The standard InChI is InChI=1S/C21H19N5O3/c1-13-7-9-16(10-8-13)20-25-24-19(29-20)15(3)28-21(27)17-12-23-26(14(17)2)18-6-4-5-11-22-18/h4-12,15H,1-3H3. The molecular formula is C21H19N5O3. The highest BCUT2D eigenvalue weighted by Crippen LogP contribution is 2.24. The van der Waals surface area contributed by atoms with Crippen molar-refractivity contribution < 1.29 is 13.9 Å². The molecule has 0 bridgehead atoms. The molecule has 1 atom stereocenters. The van der Waals surface area contributed by atoms with Crippen LogP contribution in [0.1, 0.15) is 40.5 Å². The summed E-state index contributed by atoms with van der Waals surface area (Å²) in [6.07, 6.45) is 2.43. The molecule has 3 heterocycles. The first-order chi connectivity index (χ1) is 14.0. The predicted octanol–water partition coefficient (Wildman–Crippen LogP) is 3.85. The molecule has 8 nitrogen and oxygen atoms in total. The summed E-state index contributed by atoms with van der Waals surface area (Å²) in [5, 5.41) is 12.3. The topological polar surface area (TPSA) is 95.9 Å². The number of carbonyl (C=O) groups is 1. The Morgan fingerprint density at radius 3 is 2.62 bits per heavy atom. The van der Waals surface area contributed by atoms with Crippen LogP contribution in [0.25, 0.3) is 17.3 Å². The number of aryl methyl sites for hydroxylation is 1. The third-order valence-corrected chi connectivity index (χ3v) is 4.47. The summed E-state index contributed by atoms with van der Waals surface area (Å²) in [5.41, 5.74) is 2.92. The van der Waals surface area contributed by atoms with Gasteiger partial charge in [-0.25, -0.2) is 14.5 Å². The predicted molar refractivity (Wildman–Crippen MR) is 104 cm³/mol. The second-order valence-corrected chi connectivity index (χ2v) is 6.60. The SMILES string of the molecule is Cc1ccc(-c2nnc(C(C)OC(=O)c3cnn(-c4ccccn4)c3C)o2)cc1. The number of hydrogen-bond acceptors (Lipinski definition) is 7. The van der Waals surface area contributed by atoms with E-state index in [0.717, 1.165) is 11.1 Å². The second kappa shape index (κ2) is 7.67. The van der Waals surface area contributed by atoms with E-state index in [0.29, 0.717) is 23.0 Å². The minimum absolute atomic E-state index is 0.226. The normalized spacial score (nSPS) is 12.0. The number of nitrogens with zero attached hydrogens (tertiary/aromatic N) is 5. The number of hydrogen-bond donors (Lipinski definition) is 0. The van der Waals surface area contributed by atoms with Crippen LogP contribution in [0.15, 0.2) is 59.3 Å². The van der Waals surface area contributed by atoms with Gasteiger partial charge in [-0.05, 0) is 45.0 Å². The second-order valence-electron chi connectivity index (χ2n) is 6.60. The van der Waals surface area contributed by atoms with E-state index in [1.165, 1.54) is 6.20 Å². The summed E-state index contributed by atoms with van der Waals surface area (Å²) >= 11 is 0. The Bertz CT molecular complexity index is 1130. The van der Waals surface area contributed by atoms with Crippen LogP contribution in [-0.2, 0) is 4.74 Å². The van der Waals surface area contributed by atoms with Crippen LogP contribution in [-0.4, -0.2) is 30.9 Å². The molecule has 4 rings (SSSR count). The zero-order valence-electron chi connectivity index (χ0n) is 16.2. The minimum Gasteiger partial charge on any atom is -0.449 e. The molecule has 1 aromatic carbocycles. The fourth-order valence-corrected chi connectivity index (χ4v) is 2.81. The van der Waals surface area contributed by atoms with E-state index in [-0.39, 0.29) is 5.89 Å². The number of esters is 1. The monoisotopic (exact) mass is 389 g/mol. The van der Waals surface area contributed by atoms with Crippen molar-refractivity contribution in [1.82, 2.24) is 25.0 Å². The molecule has 0 aliphatic carbocycles. The number of carbonyl (C=O) groups excluding carboxylic acids is 1. The molecule has 3 aromatic heterocycles. The highest BCUT2D eigenvalue weighted by atomic mass is 16.6. The van der Waals surface area contributed by atoms with Crippen molar-refractivity contribution in [2.45, 2.75) is 26.9 Å². The minimum atomic E-state index is -0.702. The zero-order chi connectivity index (χ0) is 20.4. The Hall–Kier alpha value is -3.81. The first-order valence-corrected chi connectivity index (χ1v) is 9.10. The molecule has 4 aromatic rings. The van der Waals surface area contributed by atoms with Crippen LogP contribution < -0.4 is 0 Å². The van der Waals surface area contributed by atoms with E-state index in [1.807, 2.05) is 49.4 Å². The first-order valence-electron chi connectivity index (χ1n) is 9.10. The highest BCUT2D eigenvalue weighted by Gasteiger charge is 2.23. The van der Waals surface area contributed by atoms with Crippen LogP contribution >= 0.6 is 0 Å². The van der Waals surface area contributed by atoms with Gasteiger partial charge in [0.1, 0.15) is 5.56 Å². The zero-order valence-corrected chi connectivity index (χ0v) is 16.2. The average Bonchev–Trinajstić information content (AvgIpc) is 3.36. The van der Waals surface area contributed by atoms with Gasteiger partial charge in [0.25, 0.3) is 5.89 Å². The molecule has 0 spiro atoms. The molecular weight excluding hydrogens is 370 g/mol. The number of pyridine rings is 1. The van der Waals surface area contributed by atoms with Gasteiger partial charge in [0.05, 0.1) is 11.9 Å². The summed E-state index contributed by atoms with van der Waals surface area (Å²) in [4.78, 5) is 16.9. The smallest absolute Gasteiger partial charge is 0.342 e. The summed E-state index contributed by atoms with van der Waals surface area (Å²) < 4.78 is 12.8. The van der Waals surface area contributed by atoms with Crippen LogP contribution in [0.5, 0.6) is 0 Å². The third-order valence-electron chi connectivity index (χ3n) is 4.47. The molecule has 8 heteroatoms. The van der Waals surface area contributed by atoms with Crippen LogP contribution in [0.2, 0.25) is 0 Å². The van der Waals surface area contributed by atoms with Gasteiger partial charge in [0.2, 0.25) is 5.89 Å². The summed E-state index contributed by atoms with van der Waals surface area (Å²) in [5.74, 6) is 0.703. The maximum absolute atomic E-state index is 12.6. The quantitative estimate of drug-likeness (QED) is 0.478. The lowest BCUT2D eigenvalue weighted by Crippen LogP contribution is -2.11. The molecule has 0 aliphatic rings. The van der Waals surface area contributed by atoms with Crippen molar-refractivity contribution in [2.75, 3.05) is 0 Å². The summed E-state index contributed by atoms with van der Waals surface area (Å²) in [6.45, 7) is 5.47. The lowest BCUT2D eigenvalue weighted by molar-refractivity contribution is 0.0279. The maximum atomic E-state index is 12.6. The van der Waals surface area contributed by atoms with E-state index in [4.69, 9.17) is 9.15 Å². The number of aromatic nitrogens is 5. The molecule has 0 saturated heterocycles. The maximum Gasteiger partial charge on any atom is 0.342 e. The average molecular weight is 389 g/mol. The Kier molecular flexibility index (Phi) is 4.90. The number of ether oxygens (including phenoxy) is 1. The van der Waals surface area contributed by atoms with Crippen molar-refractivity contribution in [1.29, 1.82) is 0 Å². The van der Waals surface area contributed by atoms with E-state index in [9.17, 15) is 4.79 Å². The van der Waals surface area contributed by atoms with Gasteiger partial charge in [0.15, 0.2) is 11.9 Å². The van der Waals surface area contributed by atoms with E-state index < -0.39 is 12.1 Å². The van der Waals surface area contributed by atoms with Crippen molar-refractivity contribution in [2.24, 2.45) is 0 Å². The van der Waals surface area contributed by atoms with Crippen LogP contribution in [0.3, 0.4) is 0 Å². The van der Waals surface area contributed by atoms with Crippen molar-refractivity contribution in [3.8, 4) is 17.3 Å². The van der Waals surface area contributed by atoms with Gasteiger partial charge in [-0.1, -0.05) is 23.8 Å². The van der Waals surface area contributed by atoms with E-state index >= 15 is 0 Å². The van der Waals surface area contributed by atoms with Crippen LogP contribution in [0, 0.1) is 13.8 Å². The molecule has 1 unspecified atom stereocenters. The third kappa shape index (κ3) is 3.77. The number of benzene rings is 1. The Morgan fingerprint density at radius 1 is 1.10 bits per heavy atom. The fraction of sp³-hybridized carbons (Fsp3) is 0.190. The van der Waals surface area contributed by atoms with Gasteiger partial charge in [-0.3, -0.25) is 0 Å². The summed E-state index contributed by atoms with van der Waals surface area (Å²) in [7, 11) is 0. The highest BCUT2D eigenvalue weighted by molar-refractivity contribution is 5.90. The van der Waals surface area contributed by atoms with Gasteiger partial charge in [-0.15, -0.1) is 10.2 Å². The molecule has 146 valence electrons. The van der Waals surface area contributed by atoms with Gasteiger partial charge < -0.3 is 9.15 Å². The van der Waals surface area contributed by atoms with Crippen molar-refractivity contribution >= 4 is 5.97 Å². The molecule has 0 fully saturated rings. The summed E-state index contributed by atoms with van der Waals surface area (Å²) in [6, 6.07) is 13.2. The molecule has 0 radical (unpaired) electrons. The molecule has 0 N–H and O–H groups in total. The molecule has 0 amide bonds.